The number of nitrogens with zero attached hydrogens (tertiary/aromatic N) is 2. The molecule has 3 rings (SSSR count). The summed E-state index contributed by atoms with van der Waals surface area (Å²) >= 11 is 9.32. The summed E-state index contributed by atoms with van der Waals surface area (Å²) in [5, 5.41) is 4.57. The van der Waals surface area contributed by atoms with Crippen LogP contribution in [0.25, 0.3) is 11.5 Å². The molecule has 1 aromatic heterocycles. The van der Waals surface area contributed by atoms with Crippen molar-refractivity contribution in [1.29, 1.82) is 0 Å². The van der Waals surface area contributed by atoms with Crippen LogP contribution in [-0.2, 0) is 6.42 Å². The molecule has 0 aliphatic rings. The summed E-state index contributed by atoms with van der Waals surface area (Å²) < 4.78 is 6.30. The average molecular weight is 365 g/mol. The monoisotopic (exact) mass is 363 g/mol. The highest BCUT2D eigenvalue weighted by Gasteiger charge is 2.12. The van der Waals surface area contributed by atoms with E-state index in [0.717, 1.165) is 10.0 Å². The van der Waals surface area contributed by atoms with E-state index in [1.54, 1.807) is 18.2 Å². The molecule has 0 radical (unpaired) electrons. The van der Waals surface area contributed by atoms with Gasteiger partial charge < -0.3 is 10.3 Å². The zero-order valence-electron chi connectivity index (χ0n) is 10.9. The van der Waals surface area contributed by atoms with E-state index in [-0.39, 0.29) is 0 Å². The normalized spacial score (nSPS) is 10.8. The third-order valence-corrected chi connectivity index (χ3v) is 3.69. The Morgan fingerprint density at radius 2 is 2.05 bits per heavy atom. The van der Waals surface area contributed by atoms with Crippen molar-refractivity contribution in [3.05, 3.63) is 63.3 Å². The third kappa shape index (κ3) is 3.25. The molecule has 2 aromatic carbocycles. The molecular weight excluding hydrogens is 354 g/mol. The first kappa shape index (κ1) is 14.1. The Bertz CT molecular complexity index is 788. The first-order valence-corrected chi connectivity index (χ1v) is 7.41. The van der Waals surface area contributed by atoms with Gasteiger partial charge in [-0.15, -0.1) is 0 Å². The van der Waals surface area contributed by atoms with E-state index in [4.69, 9.17) is 21.9 Å². The maximum atomic E-state index is 5.92. The largest absolute Gasteiger partial charge is 0.398 e. The number of halogens is 2. The predicted octanol–water partition coefficient (Wildman–Crippen LogP) is 4.33. The molecule has 21 heavy (non-hydrogen) atoms. The minimum absolute atomic E-state index is 0.397. The molecule has 0 saturated heterocycles. The van der Waals surface area contributed by atoms with Crippen LogP contribution in [0, 0.1) is 0 Å². The van der Waals surface area contributed by atoms with Gasteiger partial charge in [0.2, 0.25) is 0 Å². The maximum absolute atomic E-state index is 5.92. The lowest BCUT2D eigenvalue weighted by molar-refractivity contribution is 0.424. The van der Waals surface area contributed by atoms with Gasteiger partial charge in [0.25, 0.3) is 5.89 Å². The standard InChI is InChI=1S/C15H11BrClN3O/c16-10-3-1-2-9(6-10)7-14-19-15(21-20-14)12-5-4-11(17)8-13(12)18/h1-6,8H,7,18H2. The summed E-state index contributed by atoms with van der Waals surface area (Å²) in [6.45, 7) is 0. The zero-order chi connectivity index (χ0) is 14.8. The molecule has 0 saturated carbocycles. The summed E-state index contributed by atoms with van der Waals surface area (Å²) in [5.41, 5.74) is 8.22. The Morgan fingerprint density at radius 3 is 2.81 bits per heavy atom. The summed E-state index contributed by atoms with van der Waals surface area (Å²) in [6, 6.07) is 13.1. The summed E-state index contributed by atoms with van der Waals surface area (Å²) in [5.74, 6) is 1.01. The number of nitrogens with two attached hydrogens (primary N) is 1. The number of hydrogen-bond donors (Lipinski definition) is 1. The second-order valence-electron chi connectivity index (χ2n) is 4.55. The van der Waals surface area contributed by atoms with Gasteiger partial charge >= 0.3 is 0 Å². The smallest absolute Gasteiger partial charge is 0.260 e. The average Bonchev–Trinajstić information content (AvgIpc) is 2.87. The molecule has 6 heteroatoms. The van der Waals surface area contributed by atoms with E-state index in [2.05, 4.69) is 26.1 Å². The Morgan fingerprint density at radius 1 is 1.19 bits per heavy atom. The SMILES string of the molecule is Nc1cc(Cl)ccc1-c1nc(Cc2cccc(Br)c2)no1. The topological polar surface area (TPSA) is 64.9 Å². The molecule has 106 valence electrons. The number of aromatic nitrogens is 2. The van der Waals surface area contributed by atoms with Crippen LogP contribution in [0.5, 0.6) is 0 Å². The number of benzene rings is 2. The van der Waals surface area contributed by atoms with Gasteiger partial charge in [-0.1, -0.05) is 44.8 Å². The quantitative estimate of drug-likeness (QED) is 0.703. The van der Waals surface area contributed by atoms with Gasteiger partial charge in [0.1, 0.15) is 0 Å². The van der Waals surface area contributed by atoms with Gasteiger partial charge in [-0.25, -0.2) is 0 Å². The molecule has 0 fully saturated rings. The first-order chi connectivity index (χ1) is 10.1. The Hall–Kier alpha value is -1.85. The molecular formula is C15H11BrClN3O. The minimum atomic E-state index is 0.397. The first-order valence-electron chi connectivity index (χ1n) is 6.24. The van der Waals surface area contributed by atoms with Crippen molar-refractivity contribution < 1.29 is 4.52 Å². The van der Waals surface area contributed by atoms with E-state index in [0.29, 0.717) is 34.4 Å². The number of hydrogen-bond acceptors (Lipinski definition) is 4. The molecule has 0 aliphatic carbocycles. The minimum Gasteiger partial charge on any atom is -0.398 e. The van der Waals surface area contributed by atoms with E-state index in [1.165, 1.54) is 0 Å². The van der Waals surface area contributed by atoms with Crippen LogP contribution in [0.15, 0.2) is 51.5 Å². The molecule has 0 amide bonds. The molecule has 3 aromatic rings. The second-order valence-corrected chi connectivity index (χ2v) is 5.91. The molecule has 0 atom stereocenters. The number of rotatable bonds is 3. The molecule has 0 bridgehead atoms. The summed E-state index contributed by atoms with van der Waals surface area (Å²) in [7, 11) is 0. The van der Waals surface area contributed by atoms with Gasteiger partial charge in [-0.05, 0) is 35.9 Å². The summed E-state index contributed by atoms with van der Waals surface area (Å²) in [4.78, 5) is 4.38. The van der Waals surface area contributed by atoms with Crippen molar-refractivity contribution in [1.82, 2.24) is 10.1 Å². The fourth-order valence-corrected chi connectivity index (χ4v) is 2.62. The maximum Gasteiger partial charge on any atom is 0.260 e. The molecule has 1 heterocycles. The lowest BCUT2D eigenvalue weighted by Gasteiger charge is -2.00. The van der Waals surface area contributed by atoms with Crippen molar-refractivity contribution in [3.63, 3.8) is 0 Å². The molecule has 4 nitrogen and oxygen atoms in total. The van der Waals surface area contributed by atoms with Gasteiger partial charge in [0.15, 0.2) is 5.82 Å². The van der Waals surface area contributed by atoms with Gasteiger partial charge in [0, 0.05) is 21.6 Å². The van der Waals surface area contributed by atoms with Crippen molar-refractivity contribution in [2.45, 2.75) is 6.42 Å². The van der Waals surface area contributed by atoms with Crippen LogP contribution in [0.2, 0.25) is 5.02 Å². The van der Waals surface area contributed by atoms with Gasteiger partial charge in [0.05, 0.1) is 5.56 Å². The van der Waals surface area contributed by atoms with Crippen LogP contribution in [-0.4, -0.2) is 10.1 Å². The lowest BCUT2D eigenvalue weighted by atomic mass is 10.1. The highest BCUT2D eigenvalue weighted by atomic mass is 79.9. The zero-order valence-corrected chi connectivity index (χ0v) is 13.2. The molecule has 0 spiro atoms. The summed E-state index contributed by atoms with van der Waals surface area (Å²) in [6.07, 6.45) is 0.594. The lowest BCUT2D eigenvalue weighted by Crippen LogP contribution is -1.92. The van der Waals surface area contributed by atoms with Crippen LogP contribution in [0.3, 0.4) is 0 Å². The van der Waals surface area contributed by atoms with E-state index in [1.807, 2.05) is 24.3 Å². The number of anilines is 1. The van der Waals surface area contributed by atoms with E-state index >= 15 is 0 Å². The Kier molecular flexibility index (Phi) is 3.94. The third-order valence-electron chi connectivity index (χ3n) is 2.96. The fraction of sp³-hybridized carbons (Fsp3) is 0.0667. The van der Waals surface area contributed by atoms with Crippen molar-refractivity contribution in [2.75, 3.05) is 5.73 Å². The molecule has 0 aliphatic heterocycles. The molecule has 2 N–H and O–H groups in total. The van der Waals surface area contributed by atoms with Crippen LogP contribution in [0.4, 0.5) is 5.69 Å². The van der Waals surface area contributed by atoms with Crippen LogP contribution in [0.1, 0.15) is 11.4 Å². The van der Waals surface area contributed by atoms with E-state index in [9.17, 15) is 0 Å². The number of nitrogen functional groups attached to an aromatic ring is 1. The fourth-order valence-electron chi connectivity index (χ4n) is 1.99. The van der Waals surface area contributed by atoms with Crippen molar-refractivity contribution in [2.24, 2.45) is 0 Å². The predicted molar refractivity (Wildman–Crippen MR) is 86.1 cm³/mol. The molecule has 0 unspecified atom stereocenters. The van der Waals surface area contributed by atoms with Gasteiger partial charge in [-0.2, -0.15) is 4.98 Å². The van der Waals surface area contributed by atoms with Crippen LogP contribution >= 0.6 is 27.5 Å². The van der Waals surface area contributed by atoms with Crippen molar-refractivity contribution >= 4 is 33.2 Å². The van der Waals surface area contributed by atoms with E-state index < -0.39 is 0 Å². The highest BCUT2D eigenvalue weighted by molar-refractivity contribution is 9.10. The highest BCUT2D eigenvalue weighted by Crippen LogP contribution is 2.27. The van der Waals surface area contributed by atoms with Crippen LogP contribution < -0.4 is 5.73 Å². The van der Waals surface area contributed by atoms with Gasteiger partial charge in [-0.3, -0.25) is 0 Å². The Labute approximate surface area is 135 Å². The second kappa shape index (κ2) is 5.87. The van der Waals surface area contributed by atoms with Crippen molar-refractivity contribution in [3.8, 4) is 11.5 Å². The Balaban J connectivity index is 1.86.